The molecule has 3 aromatic rings. The Balaban J connectivity index is 1.11. The molecule has 0 radical (unpaired) electrons. The Morgan fingerprint density at radius 2 is 2.07 bits per heavy atom. The summed E-state index contributed by atoms with van der Waals surface area (Å²) in [4.78, 5) is 6.74. The summed E-state index contributed by atoms with van der Waals surface area (Å²) in [5, 5.41) is 14.0. The van der Waals surface area contributed by atoms with E-state index < -0.39 is 0 Å². The number of aromatic nitrogens is 2. The number of β-amino-alcohol motifs (C(OH)–C–C–N with tert-alkyl or cyclic N) is 1. The van der Waals surface area contributed by atoms with E-state index in [0.29, 0.717) is 13.1 Å². The number of aliphatic hydroxyl groups excluding tert-OH is 1. The highest BCUT2D eigenvalue weighted by Gasteiger charge is 2.26. The minimum absolute atomic E-state index is 0.133. The lowest BCUT2D eigenvalue weighted by Crippen LogP contribution is -2.47. The molecule has 1 saturated heterocycles. The summed E-state index contributed by atoms with van der Waals surface area (Å²) in [6.07, 6.45) is 3.58. The van der Waals surface area contributed by atoms with Crippen molar-refractivity contribution in [3.63, 3.8) is 0 Å². The first-order valence-electron chi connectivity index (χ1n) is 10.8. The van der Waals surface area contributed by atoms with Crippen molar-refractivity contribution in [3.8, 4) is 0 Å². The number of rotatable bonds is 6. The van der Waals surface area contributed by atoms with Gasteiger partial charge in [0.15, 0.2) is 0 Å². The second kappa shape index (κ2) is 8.45. The van der Waals surface area contributed by atoms with Gasteiger partial charge in [0, 0.05) is 39.3 Å². The molecule has 2 aliphatic rings. The molecule has 4 N–H and O–H groups in total. The molecule has 3 unspecified atom stereocenters. The van der Waals surface area contributed by atoms with Crippen LogP contribution in [0.3, 0.4) is 0 Å². The van der Waals surface area contributed by atoms with Gasteiger partial charge in [-0.2, -0.15) is 0 Å². The third kappa shape index (κ3) is 4.12. The maximum absolute atomic E-state index is 10.6. The van der Waals surface area contributed by atoms with Gasteiger partial charge < -0.3 is 9.67 Å². The molecule has 2 aliphatic heterocycles. The number of hydrogen-bond acceptors (Lipinski definition) is 6. The lowest BCUT2D eigenvalue weighted by molar-refractivity contribution is 0.101. The molecular formula is C23H30N6O. The van der Waals surface area contributed by atoms with Gasteiger partial charge in [-0.15, -0.1) is 0 Å². The van der Waals surface area contributed by atoms with Crippen LogP contribution >= 0.6 is 0 Å². The van der Waals surface area contributed by atoms with Gasteiger partial charge in [0.1, 0.15) is 0 Å². The topological polar surface area (TPSA) is 77.4 Å². The van der Waals surface area contributed by atoms with Crippen LogP contribution in [0, 0.1) is 0 Å². The summed E-state index contributed by atoms with van der Waals surface area (Å²) >= 11 is 0. The van der Waals surface area contributed by atoms with Gasteiger partial charge in [-0.3, -0.25) is 10.2 Å². The smallest absolute Gasteiger partial charge is 0.0955 e. The first-order chi connectivity index (χ1) is 14.7. The Kier molecular flexibility index (Phi) is 5.54. The zero-order chi connectivity index (χ0) is 20.5. The Hall–Kier alpha value is -2.29. The highest BCUT2D eigenvalue weighted by Crippen LogP contribution is 2.24. The molecular weight excluding hydrogens is 376 g/mol. The van der Waals surface area contributed by atoms with Gasteiger partial charge >= 0.3 is 0 Å². The molecule has 3 atom stereocenters. The largest absolute Gasteiger partial charge is 0.390 e. The van der Waals surface area contributed by atoms with Crippen molar-refractivity contribution in [3.05, 3.63) is 65.5 Å². The molecule has 0 bridgehead atoms. The Labute approximate surface area is 177 Å². The number of nitrogens with zero attached hydrogens (tertiary/aromatic N) is 3. The zero-order valence-electron chi connectivity index (χ0n) is 17.4. The van der Waals surface area contributed by atoms with Gasteiger partial charge in [0.05, 0.1) is 29.6 Å². The summed E-state index contributed by atoms with van der Waals surface area (Å²) < 4.78 is 2.05. The molecule has 5 rings (SSSR count). The Morgan fingerprint density at radius 3 is 2.97 bits per heavy atom. The average molecular weight is 407 g/mol. The van der Waals surface area contributed by atoms with E-state index in [2.05, 4.69) is 68.5 Å². The number of imidazole rings is 1. The molecule has 1 aromatic heterocycles. The predicted octanol–water partition coefficient (Wildman–Crippen LogP) is 1.45. The number of fused-ring (bicyclic) bond motifs is 2. The van der Waals surface area contributed by atoms with Crippen LogP contribution in [-0.4, -0.2) is 51.5 Å². The van der Waals surface area contributed by atoms with Crippen LogP contribution in [0.25, 0.3) is 11.0 Å². The van der Waals surface area contributed by atoms with Crippen molar-refractivity contribution >= 4 is 11.0 Å². The van der Waals surface area contributed by atoms with Crippen molar-refractivity contribution in [1.82, 2.24) is 30.6 Å². The van der Waals surface area contributed by atoms with Crippen molar-refractivity contribution in [2.45, 2.75) is 37.7 Å². The summed E-state index contributed by atoms with van der Waals surface area (Å²) in [5.41, 5.74) is 12.9. The highest BCUT2D eigenvalue weighted by molar-refractivity contribution is 5.76. The molecule has 1 fully saturated rings. The van der Waals surface area contributed by atoms with E-state index in [9.17, 15) is 5.11 Å². The quantitative estimate of drug-likeness (QED) is 0.496. The van der Waals surface area contributed by atoms with E-state index in [4.69, 9.17) is 0 Å². The Bertz CT molecular complexity index is 1020. The van der Waals surface area contributed by atoms with Crippen molar-refractivity contribution in [2.24, 2.45) is 7.05 Å². The highest BCUT2D eigenvalue weighted by atomic mass is 16.3. The third-order valence-corrected chi connectivity index (χ3v) is 6.33. The molecule has 158 valence electrons. The zero-order valence-corrected chi connectivity index (χ0v) is 17.4. The predicted molar refractivity (Wildman–Crippen MR) is 118 cm³/mol. The number of aryl methyl sites for hydroxylation is 1. The van der Waals surface area contributed by atoms with Crippen molar-refractivity contribution in [1.29, 1.82) is 0 Å². The monoisotopic (exact) mass is 406 g/mol. The standard InChI is InChI=1S/C23H30N6O/c1-28-15-25-20-7-6-17(10-22(20)28)21-11-23(27-26-21)24-12-19(30)14-29-9-8-16-4-2-3-5-18(16)13-29/h2-7,10,15,19,21,23-24,26-27,30H,8-9,11-14H2,1H3. The molecule has 7 nitrogen and oxygen atoms in total. The maximum atomic E-state index is 10.6. The van der Waals surface area contributed by atoms with Gasteiger partial charge in [-0.25, -0.2) is 15.8 Å². The molecule has 0 saturated carbocycles. The van der Waals surface area contributed by atoms with Crippen LogP contribution in [0.1, 0.15) is 29.2 Å². The second-order valence-electron chi connectivity index (χ2n) is 8.55. The van der Waals surface area contributed by atoms with Crippen LogP contribution in [0.15, 0.2) is 48.8 Å². The fourth-order valence-corrected chi connectivity index (χ4v) is 4.62. The lowest BCUT2D eigenvalue weighted by Gasteiger charge is -2.30. The van der Waals surface area contributed by atoms with Gasteiger partial charge in [0.2, 0.25) is 0 Å². The van der Waals surface area contributed by atoms with Crippen LogP contribution < -0.4 is 16.2 Å². The molecule has 2 aromatic carbocycles. The fraction of sp³-hybridized carbons (Fsp3) is 0.435. The van der Waals surface area contributed by atoms with Gasteiger partial charge in [-0.05, 0) is 41.7 Å². The van der Waals surface area contributed by atoms with E-state index >= 15 is 0 Å². The van der Waals surface area contributed by atoms with Crippen LogP contribution in [0.4, 0.5) is 0 Å². The fourth-order valence-electron chi connectivity index (χ4n) is 4.62. The summed E-state index contributed by atoms with van der Waals surface area (Å²) in [6, 6.07) is 15.3. The molecule has 0 aliphatic carbocycles. The molecule has 0 spiro atoms. The first kappa shape index (κ1) is 19.7. The van der Waals surface area contributed by atoms with E-state index in [1.54, 1.807) is 0 Å². The van der Waals surface area contributed by atoms with E-state index in [0.717, 1.165) is 37.0 Å². The van der Waals surface area contributed by atoms with E-state index in [1.807, 2.05) is 17.9 Å². The maximum Gasteiger partial charge on any atom is 0.0955 e. The minimum Gasteiger partial charge on any atom is -0.390 e. The summed E-state index contributed by atoms with van der Waals surface area (Å²) in [5.74, 6) is 0. The van der Waals surface area contributed by atoms with Crippen LogP contribution in [0.5, 0.6) is 0 Å². The number of nitrogens with one attached hydrogen (secondary N) is 3. The van der Waals surface area contributed by atoms with Crippen molar-refractivity contribution in [2.75, 3.05) is 19.6 Å². The molecule has 30 heavy (non-hydrogen) atoms. The molecule has 3 heterocycles. The van der Waals surface area contributed by atoms with E-state index in [-0.39, 0.29) is 18.3 Å². The van der Waals surface area contributed by atoms with Crippen LogP contribution in [0.2, 0.25) is 0 Å². The first-order valence-corrected chi connectivity index (χ1v) is 10.8. The molecule has 7 heteroatoms. The number of hydrogen-bond donors (Lipinski definition) is 4. The molecule has 0 amide bonds. The third-order valence-electron chi connectivity index (χ3n) is 6.33. The second-order valence-corrected chi connectivity index (χ2v) is 8.55. The number of hydrazine groups is 1. The van der Waals surface area contributed by atoms with Gasteiger partial charge in [0.25, 0.3) is 0 Å². The average Bonchev–Trinajstić information content (AvgIpc) is 3.39. The summed E-state index contributed by atoms with van der Waals surface area (Å²) in [7, 11) is 2.02. The van der Waals surface area contributed by atoms with Crippen LogP contribution in [-0.2, 0) is 20.0 Å². The lowest BCUT2D eigenvalue weighted by atomic mass is 10.00. The SMILES string of the molecule is Cn1cnc2ccc(C3CC(NCC(O)CN4CCc5ccccc5C4)NN3)cc21. The summed E-state index contributed by atoms with van der Waals surface area (Å²) in [6.45, 7) is 3.21. The number of benzene rings is 2. The number of aliphatic hydroxyl groups is 1. The minimum atomic E-state index is -0.387. The van der Waals surface area contributed by atoms with E-state index in [1.165, 1.54) is 16.7 Å². The normalized spacial score (nSPS) is 23.0. The van der Waals surface area contributed by atoms with Gasteiger partial charge in [-0.1, -0.05) is 30.3 Å². The Morgan fingerprint density at radius 1 is 1.20 bits per heavy atom. The van der Waals surface area contributed by atoms with Crippen molar-refractivity contribution < 1.29 is 5.11 Å².